The predicted octanol–water partition coefficient (Wildman–Crippen LogP) is 4.61. The topological polar surface area (TPSA) is 91.8 Å². The first-order valence-electron chi connectivity index (χ1n) is 11.2. The highest BCUT2D eigenvalue weighted by molar-refractivity contribution is 9.12. The number of fused-ring (bicyclic) bond motifs is 3. The lowest BCUT2D eigenvalue weighted by Crippen LogP contribution is -2.46. The number of phenols is 1. The number of carbonyl (C=O) groups excluding carboxylic acids is 4. The molecular weight excluding hydrogens is 522 g/mol. The van der Waals surface area contributed by atoms with Gasteiger partial charge in [-0.25, -0.2) is 0 Å². The fraction of sp³-hybridized carbons (Fsp3) is 0.385. The van der Waals surface area contributed by atoms with Gasteiger partial charge in [-0.15, -0.1) is 0 Å². The van der Waals surface area contributed by atoms with Gasteiger partial charge >= 0.3 is 0 Å². The molecule has 0 unspecified atom stereocenters. The molecule has 1 saturated heterocycles. The van der Waals surface area contributed by atoms with Crippen molar-refractivity contribution in [1.82, 2.24) is 4.90 Å². The third-order valence-electron chi connectivity index (χ3n) is 7.30. The van der Waals surface area contributed by atoms with E-state index in [0.717, 1.165) is 5.57 Å². The van der Waals surface area contributed by atoms with Gasteiger partial charge in [-0.05, 0) is 73.7 Å². The van der Waals surface area contributed by atoms with Crippen LogP contribution in [0.2, 0.25) is 5.02 Å². The number of halogens is 2. The van der Waals surface area contributed by atoms with Crippen LogP contribution < -0.4 is 0 Å². The Morgan fingerprint density at radius 2 is 1.79 bits per heavy atom. The van der Waals surface area contributed by atoms with Gasteiger partial charge < -0.3 is 5.11 Å². The molecule has 0 aromatic heterocycles. The van der Waals surface area contributed by atoms with E-state index in [2.05, 4.69) is 15.9 Å². The van der Waals surface area contributed by atoms with Crippen molar-refractivity contribution in [2.24, 2.45) is 17.8 Å². The van der Waals surface area contributed by atoms with E-state index in [0.29, 0.717) is 28.2 Å². The van der Waals surface area contributed by atoms with Crippen molar-refractivity contribution in [3.8, 4) is 5.75 Å². The van der Waals surface area contributed by atoms with Crippen LogP contribution in [-0.2, 0) is 19.2 Å². The van der Waals surface area contributed by atoms with Crippen molar-refractivity contribution < 1.29 is 24.3 Å². The van der Waals surface area contributed by atoms with Gasteiger partial charge in [0.1, 0.15) is 5.75 Å². The Bertz CT molecular complexity index is 1280. The van der Waals surface area contributed by atoms with E-state index in [9.17, 15) is 24.3 Å². The Morgan fingerprint density at radius 3 is 2.47 bits per heavy atom. The maximum atomic E-state index is 13.6. The van der Waals surface area contributed by atoms with Crippen LogP contribution in [0.25, 0.3) is 0 Å². The summed E-state index contributed by atoms with van der Waals surface area (Å²) in [6.45, 7) is 5.48. The van der Waals surface area contributed by atoms with Gasteiger partial charge in [0, 0.05) is 39.3 Å². The molecule has 1 aliphatic heterocycles. The van der Waals surface area contributed by atoms with Crippen LogP contribution in [-0.4, -0.2) is 38.9 Å². The number of aromatic hydroxyl groups is 1. The van der Waals surface area contributed by atoms with Gasteiger partial charge in [0.15, 0.2) is 11.6 Å². The molecule has 34 heavy (non-hydrogen) atoms. The van der Waals surface area contributed by atoms with Crippen molar-refractivity contribution in [3.05, 3.63) is 62.1 Å². The molecule has 0 saturated carbocycles. The minimum absolute atomic E-state index is 0.0519. The number of nitrogens with zero attached hydrogens (tertiary/aromatic N) is 1. The molecule has 8 heteroatoms. The third-order valence-corrected chi connectivity index (χ3v) is 8.13. The molecule has 0 bridgehead atoms. The molecule has 1 fully saturated rings. The van der Waals surface area contributed by atoms with Crippen LogP contribution >= 0.6 is 27.5 Å². The Kier molecular flexibility index (Phi) is 5.30. The second kappa shape index (κ2) is 7.75. The van der Waals surface area contributed by atoms with Crippen LogP contribution in [0, 0.1) is 17.8 Å². The Labute approximate surface area is 210 Å². The summed E-state index contributed by atoms with van der Waals surface area (Å²) in [5, 5.41) is 11.1. The van der Waals surface area contributed by atoms with Gasteiger partial charge in [-0.3, -0.25) is 24.1 Å². The van der Waals surface area contributed by atoms with E-state index in [1.54, 1.807) is 12.1 Å². The zero-order chi connectivity index (χ0) is 24.7. The summed E-state index contributed by atoms with van der Waals surface area (Å²) in [7, 11) is 0. The summed E-state index contributed by atoms with van der Waals surface area (Å²) in [4.78, 5) is 54.5. The van der Waals surface area contributed by atoms with Crippen molar-refractivity contribution in [2.45, 2.75) is 45.1 Å². The predicted molar refractivity (Wildman–Crippen MR) is 129 cm³/mol. The summed E-state index contributed by atoms with van der Waals surface area (Å²) >= 11 is 9.45. The van der Waals surface area contributed by atoms with Gasteiger partial charge in [0.2, 0.25) is 11.8 Å². The van der Waals surface area contributed by atoms with E-state index in [1.165, 1.54) is 17.0 Å². The maximum Gasteiger partial charge on any atom is 0.234 e. The number of amides is 2. The number of allylic oxidation sites excluding steroid dienone is 6. The number of benzene rings is 1. The highest BCUT2D eigenvalue weighted by atomic mass is 79.9. The average Bonchev–Trinajstić information content (AvgIpc) is 3.02. The fourth-order valence-electron chi connectivity index (χ4n) is 5.98. The molecule has 1 heterocycles. The van der Waals surface area contributed by atoms with Crippen LogP contribution in [0.5, 0.6) is 5.75 Å². The SMILES string of the molecule is CC(C)(C)N1C(=O)[C@H]2[C@H](CC=C3[C@H](c4cc(Cl)ccc4O)C4=C(C[C@H]32)C(=O)C(Br)=CC4=O)C1=O. The summed E-state index contributed by atoms with van der Waals surface area (Å²) in [5.74, 6) is -3.45. The van der Waals surface area contributed by atoms with Crippen molar-refractivity contribution >= 4 is 50.9 Å². The molecule has 0 spiro atoms. The van der Waals surface area contributed by atoms with Gasteiger partial charge in [0.25, 0.3) is 0 Å². The molecule has 3 aliphatic carbocycles. The Hall–Kier alpha value is -2.51. The third kappa shape index (κ3) is 3.28. The smallest absolute Gasteiger partial charge is 0.234 e. The first kappa shape index (κ1) is 23.2. The minimum atomic E-state index is -0.728. The zero-order valence-corrected chi connectivity index (χ0v) is 21.2. The molecule has 0 radical (unpaired) electrons. The van der Waals surface area contributed by atoms with E-state index < -0.39 is 29.2 Å². The molecule has 1 aromatic rings. The van der Waals surface area contributed by atoms with Crippen molar-refractivity contribution in [1.29, 1.82) is 0 Å². The number of carbonyl (C=O) groups is 4. The van der Waals surface area contributed by atoms with E-state index in [1.807, 2.05) is 26.8 Å². The van der Waals surface area contributed by atoms with Crippen molar-refractivity contribution in [2.75, 3.05) is 0 Å². The van der Waals surface area contributed by atoms with E-state index >= 15 is 0 Å². The largest absolute Gasteiger partial charge is 0.508 e. The quantitative estimate of drug-likeness (QED) is 0.317. The standard InChI is InChI=1S/C26H23BrClNO5/c1-26(2,3)29-24(33)13-6-5-12-14(21(13)25(29)34)9-16-22(19(31)10-17(27)23(16)32)20(12)15-8-11(28)4-7-18(15)30/h4-5,7-8,10,13-14,20-21,30H,6,9H2,1-3H3/t13-,14+,20+,21-/m0/s1. The normalized spacial score (nSPS) is 29.0. The molecule has 6 nitrogen and oxygen atoms in total. The highest BCUT2D eigenvalue weighted by Gasteiger charge is 2.58. The van der Waals surface area contributed by atoms with Crippen LogP contribution in [0.1, 0.15) is 45.1 Å². The average molecular weight is 545 g/mol. The van der Waals surface area contributed by atoms with E-state index in [4.69, 9.17) is 11.6 Å². The molecule has 176 valence electrons. The van der Waals surface area contributed by atoms with Crippen LogP contribution in [0.15, 0.2) is 51.6 Å². The molecule has 4 aliphatic rings. The first-order valence-corrected chi connectivity index (χ1v) is 12.3. The number of likely N-dealkylation sites (tertiary alicyclic amines) is 1. The molecule has 2 amide bonds. The number of phenolic OH excluding ortho intramolecular Hbond substituents is 1. The molecule has 1 N–H and O–H groups in total. The second-order valence-corrected chi connectivity index (χ2v) is 11.6. The van der Waals surface area contributed by atoms with E-state index in [-0.39, 0.29) is 40.0 Å². The first-order chi connectivity index (χ1) is 15.9. The summed E-state index contributed by atoms with van der Waals surface area (Å²) < 4.78 is 0.162. The fourth-order valence-corrected chi connectivity index (χ4v) is 6.61. The number of hydrogen-bond acceptors (Lipinski definition) is 5. The minimum Gasteiger partial charge on any atom is -0.508 e. The van der Waals surface area contributed by atoms with Crippen LogP contribution in [0.4, 0.5) is 0 Å². The molecule has 4 atom stereocenters. The molecule has 5 rings (SSSR count). The Morgan fingerprint density at radius 1 is 1.09 bits per heavy atom. The number of hydrogen-bond donors (Lipinski definition) is 1. The zero-order valence-electron chi connectivity index (χ0n) is 18.9. The molecular formula is C26H23BrClNO5. The lowest BCUT2D eigenvalue weighted by molar-refractivity contribution is -0.145. The van der Waals surface area contributed by atoms with Gasteiger partial charge in [0.05, 0.1) is 16.3 Å². The number of ketones is 2. The maximum absolute atomic E-state index is 13.6. The second-order valence-electron chi connectivity index (χ2n) is 10.3. The van der Waals surface area contributed by atoms with Gasteiger partial charge in [-0.2, -0.15) is 0 Å². The lowest BCUT2D eigenvalue weighted by Gasteiger charge is -2.42. The van der Waals surface area contributed by atoms with Crippen molar-refractivity contribution in [3.63, 3.8) is 0 Å². The number of imide groups is 1. The highest BCUT2D eigenvalue weighted by Crippen LogP contribution is 2.56. The monoisotopic (exact) mass is 543 g/mol. The number of rotatable bonds is 1. The summed E-state index contributed by atoms with van der Waals surface area (Å²) in [6.07, 6.45) is 3.72. The Balaban J connectivity index is 1.71. The van der Waals surface area contributed by atoms with Gasteiger partial charge in [-0.1, -0.05) is 23.3 Å². The summed E-state index contributed by atoms with van der Waals surface area (Å²) in [6, 6.07) is 4.60. The summed E-state index contributed by atoms with van der Waals surface area (Å²) in [5.41, 5.74) is 1.14. The number of Topliss-reactive ketones (excluding diaryl/α,β-unsaturated/α-hetero) is 1. The molecule has 1 aromatic carbocycles. The van der Waals surface area contributed by atoms with Crippen LogP contribution in [0.3, 0.4) is 0 Å². The lowest BCUT2D eigenvalue weighted by atomic mass is 9.59.